The summed E-state index contributed by atoms with van der Waals surface area (Å²) in [6.07, 6.45) is 3.48. The van der Waals surface area contributed by atoms with E-state index in [1.54, 1.807) is 24.3 Å². The molecule has 1 amide bonds. The minimum Gasteiger partial charge on any atom is -0.288 e. The van der Waals surface area contributed by atoms with Crippen LogP contribution in [0.2, 0.25) is 0 Å². The normalized spacial score (nSPS) is 10.8. The monoisotopic (exact) mass is 264 g/mol. The number of hydrogen-bond acceptors (Lipinski definition) is 4. The number of rotatable bonds is 3. The van der Waals surface area contributed by atoms with Crippen molar-refractivity contribution in [2.75, 3.05) is 0 Å². The zero-order valence-corrected chi connectivity index (χ0v) is 9.95. The highest BCUT2D eigenvalue weighted by atomic mass is 32.1. The molecular formula is C12H9FN2O2S. The van der Waals surface area contributed by atoms with Gasteiger partial charge in [0.05, 0.1) is 0 Å². The van der Waals surface area contributed by atoms with Crippen molar-refractivity contribution in [2.45, 2.75) is 0 Å². The molecule has 2 rings (SSSR count). The molecule has 2 aromatic rings. The lowest BCUT2D eigenvalue weighted by Gasteiger charge is -1.92. The van der Waals surface area contributed by atoms with Gasteiger partial charge in [-0.3, -0.25) is 10.0 Å². The van der Waals surface area contributed by atoms with Crippen molar-refractivity contribution in [2.24, 2.45) is 0 Å². The van der Waals surface area contributed by atoms with Crippen molar-refractivity contribution in [3.05, 3.63) is 51.7 Å². The predicted molar refractivity (Wildman–Crippen MR) is 66.7 cm³/mol. The summed E-state index contributed by atoms with van der Waals surface area (Å²) in [6, 6.07) is 6.01. The minimum absolute atomic E-state index is 0.154. The van der Waals surface area contributed by atoms with Crippen LogP contribution in [0.5, 0.6) is 0 Å². The average Bonchev–Trinajstić information content (AvgIpc) is 2.86. The fourth-order valence-corrected chi connectivity index (χ4v) is 1.96. The molecule has 0 saturated heterocycles. The highest BCUT2D eigenvalue weighted by Crippen LogP contribution is 2.14. The van der Waals surface area contributed by atoms with Gasteiger partial charge in [0.1, 0.15) is 16.5 Å². The lowest BCUT2D eigenvalue weighted by molar-refractivity contribution is 0.0701. The topological polar surface area (TPSA) is 62.2 Å². The van der Waals surface area contributed by atoms with Crippen LogP contribution in [0, 0.1) is 5.82 Å². The standard InChI is InChI=1S/C12H9FN2O2S/c13-9-4-1-8(2-5-9)3-6-11-14-10(7-18-11)12(16)15-17/h1-7,17H,(H,15,16)/b6-3+. The summed E-state index contributed by atoms with van der Waals surface area (Å²) in [5.74, 6) is -0.934. The first-order valence-electron chi connectivity index (χ1n) is 5.02. The number of nitrogens with zero attached hydrogens (tertiary/aromatic N) is 1. The van der Waals surface area contributed by atoms with E-state index in [-0.39, 0.29) is 11.5 Å². The van der Waals surface area contributed by atoms with Gasteiger partial charge in [0.25, 0.3) is 5.91 Å². The number of amides is 1. The molecule has 0 aliphatic rings. The first-order valence-corrected chi connectivity index (χ1v) is 5.90. The largest absolute Gasteiger partial charge is 0.294 e. The molecule has 1 aromatic carbocycles. The van der Waals surface area contributed by atoms with E-state index in [1.165, 1.54) is 34.3 Å². The molecule has 0 bridgehead atoms. The SMILES string of the molecule is O=C(NO)c1csc(/C=C/c2ccc(F)cc2)n1. The van der Waals surface area contributed by atoms with Crippen LogP contribution in [0.1, 0.15) is 21.1 Å². The van der Waals surface area contributed by atoms with Crippen LogP contribution in [0.15, 0.2) is 29.6 Å². The maximum absolute atomic E-state index is 12.7. The van der Waals surface area contributed by atoms with Gasteiger partial charge in [0, 0.05) is 5.38 Å². The van der Waals surface area contributed by atoms with Crippen molar-refractivity contribution in [1.29, 1.82) is 0 Å². The first kappa shape index (κ1) is 12.4. The third-order valence-electron chi connectivity index (χ3n) is 2.14. The lowest BCUT2D eigenvalue weighted by Crippen LogP contribution is -2.18. The summed E-state index contributed by atoms with van der Waals surface area (Å²) in [4.78, 5) is 15.1. The van der Waals surface area contributed by atoms with Gasteiger partial charge in [-0.25, -0.2) is 14.9 Å². The van der Waals surface area contributed by atoms with Gasteiger partial charge >= 0.3 is 0 Å². The molecule has 18 heavy (non-hydrogen) atoms. The van der Waals surface area contributed by atoms with Crippen LogP contribution in [0.25, 0.3) is 12.2 Å². The van der Waals surface area contributed by atoms with E-state index in [0.29, 0.717) is 5.01 Å². The molecule has 0 fully saturated rings. The summed E-state index contributed by atoms with van der Waals surface area (Å²) >= 11 is 1.27. The van der Waals surface area contributed by atoms with Gasteiger partial charge in [-0.1, -0.05) is 18.2 Å². The van der Waals surface area contributed by atoms with Crippen LogP contribution in [0.3, 0.4) is 0 Å². The number of aromatic nitrogens is 1. The van der Waals surface area contributed by atoms with Gasteiger partial charge < -0.3 is 0 Å². The second-order valence-corrected chi connectivity index (χ2v) is 4.29. The number of carbonyl (C=O) groups is 1. The molecule has 0 aliphatic heterocycles. The van der Waals surface area contributed by atoms with E-state index < -0.39 is 5.91 Å². The summed E-state index contributed by atoms with van der Waals surface area (Å²) < 4.78 is 12.7. The highest BCUT2D eigenvalue weighted by molar-refractivity contribution is 7.10. The number of carbonyl (C=O) groups excluding carboxylic acids is 1. The van der Waals surface area contributed by atoms with Crippen LogP contribution < -0.4 is 5.48 Å². The molecule has 0 saturated carbocycles. The van der Waals surface area contributed by atoms with E-state index in [9.17, 15) is 9.18 Å². The van der Waals surface area contributed by atoms with Crippen molar-refractivity contribution in [1.82, 2.24) is 10.5 Å². The third-order valence-corrected chi connectivity index (χ3v) is 2.95. The number of thiazole rings is 1. The Morgan fingerprint density at radius 2 is 2.06 bits per heavy atom. The molecule has 2 N–H and O–H groups in total. The Kier molecular flexibility index (Phi) is 3.81. The van der Waals surface area contributed by atoms with Crippen LogP contribution >= 0.6 is 11.3 Å². The highest BCUT2D eigenvalue weighted by Gasteiger charge is 2.07. The van der Waals surface area contributed by atoms with E-state index in [4.69, 9.17) is 5.21 Å². The molecule has 6 heteroatoms. The number of nitrogens with one attached hydrogen (secondary N) is 1. The Bertz CT molecular complexity index is 578. The van der Waals surface area contributed by atoms with E-state index in [1.807, 2.05) is 0 Å². The van der Waals surface area contributed by atoms with Crippen molar-refractivity contribution in [3.8, 4) is 0 Å². The van der Waals surface area contributed by atoms with Gasteiger partial charge in [-0.15, -0.1) is 11.3 Å². The Morgan fingerprint density at radius 1 is 1.33 bits per heavy atom. The molecule has 1 aromatic heterocycles. The quantitative estimate of drug-likeness (QED) is 0.661. The van der Waals surface area contributed by atoms with Crippen molar-refractivity contribution < 1.29 is 14.4 Å². The van der Waals surface area contributed by atoms with E-state index >= 15 is 0 Å². The lowest BCUT2D eigenvalue weighted by atomic mass is 10.2. The number of halogens is 1. The summed E-state index contributed by atoms with van der Waals surface area (Å²) in [5.41, 5.74) is 2.50. The Morgan fingerprint density at radius 3 is 2.72 bits per heavy atom. The second kappa shape index (κ2) is 5.52. The summed E-state index contributed by atoms with van der Waals surface area (Å²) in [6.45, 7) is 0. The summed E-state index contributed by atoms with van der Waals surface area (Å²) in [7, 11) is 0. The number of hydrogen-bond donors (Lipinski definition) is 2. The average molecular weight is 264 g/mol. The molecule has 1 heterocycles. The molecule has 0 spiro atoms. The molecule has 0 unspecified atom stereocenters. The fraction of sp³-hybridized carbons (Fsp3) is 0. The molecule has 4 nitrogen and oxygen atoms in total. The Hall–Kier alpha value is -2.05. The molecule has 92 valence electrons. The van der Waals surface area contributed by atoms with Gasteiger partial charge in [-0.05, 0) is 23.8 Å². The maximum atomic E-state index is 12.7. The van der Waals surface area contributed by atoms with Crippen LogP contribution in [0.4, 0.5) is 4.39 Å². The van der Waals surface area contributed by atoms with Gasteiger partial charge in [0.2, 0.25) is 0 Å². The number of benzene rings is 1. The van der Waals surface area contributed by atoms with Gasteiger partial charge in [-0.2, -0.15) is 0 Å². The maximum Gasteiger partial charge on any atom is 0.294 e. The molecule has 0 atom stereocenters. The fourth-order valence-electron chi connectivity index (χ4n) is 1.27. The third kappa shape index (κ3) is 2.99. The number of hydroxylamine groups is 1. The Balaban J connectivity index is 2.11. The molecule has 0 aliphatic carbocycles. The zero-order valence-electron chi connectivity index (χ0n) is 9.13. The molecular weight excluding hydrogens is 255 g/mol. The smallest absolute Gasteiger partial charge is 0.288 e. The molecule has 0 radical (unpaired) electrons. The summed E-state index contributed by atoms with van der Waals surface area (Å²) in [5, 5.41) is 10.6. The predicted octanol–water partition coefficient (Wildman–Crippen LogP) is 2.57. The van der Waals surface area contributed by atoms with E-state index in [2.05, 4.69) is 4.98 Å². The van der Waals surface area contributed by atoms with Crippen molar-refractivity contribution >= 4 is 29.4 Å². The first-order chi connectivity index (χ1) is 8.69. The van der Waals surface area contributed by atoms with Gasteiger partial charge in [0.15, 0.2) is 0 Å². The van der Waals surface area contributed by atoms with Crippen LogP contribution in [-0.4, -0.2) is 16.1 Å². The van der Waals surface area contributed by atoms with Crippen LogP contribution in [-0.2, 0) is 0 Å². The van der Waals surface area contributed by atoms with Crippen molar-refractivity contribution in [3.63, 3.8) is 0 Å². The second-order valence-electron chi connectivity index (χ2n) is 3.40. The van der Waals surface area contributed by atoms with E-state index in [0.717, 1.165) is 5.56 Å². The minimum atomic E-state index is -0.646. The zero-order chi connectivity index (χ0) is 13.0. The Labute approximate surface area is 106 Å².